The average molecular weight is 448 g/mol. The van der Waals surface area contributed by atoms with Gasteiger partial charge in [-0.25, -0.2) is 4.79 Å². The quantitative estimate of drug-likeness (QED) is 0.467. The molecular weight excluding hydrogens is 418 g/mol. The molecule has 33 heavy (non-hydrogen) atoms. The van der Waals surface area contributed by atoms with Crippen LogP contribution in [0.1, 0.15) is 25.0 Å². The maximum atomic E-state index is 13.0. The Kier molecular flexibility index (Phi) is 8.02. The number of ether oxygens (including phenoxy) is 1. The first-order valence-corrected chi connectivity index (χ1v) is 10.9. The summed E-state index contributed by atoms with van der Waals surface area (Å²) in [6.45, 7) is 3.68. The summed E-state index contributed by atoms with van der Waals surface area (Å²) in [5, 5.41) is 7.33. The third-order valence-corrected chi connectivity index (χ3v) is 5.40. The van der Waals surface area contributed by atoms with Gasteiger partial charge >= 0.3 is 6.09 Å². The summed E-state index contributed by atoms with van der Waals surface area (Å²) in [5.41, 5.74) is 7.33. The van der Waals surface area contributed by atoms with Gasteiger partial charge in [0.25, 0.3) is 0 Å². The Hall–Kier alpha value is -3.87. The van der Waals surface area contributed by atoms with Crippen molar-refractivity contribution in [1.29, 1.82) is 0 Å². The van der Waals surface area contributed by atoms with E-state index in [1.165, 1.54) is 0 Å². The number of rotatable bonds is 9. The zero-order valence-corrected chi connectivity index (χ0v) is 18.8. The molecule has 0 aliphatic rings. The largest absolute Gasteiger partial charge is 0.445 e. The van der Waals surface area contributed by atoms with Crippen molar-refractivity contribution in [3.63, 3.8) is 0 Å². The first kappa shape index (κ1) is 23.8. The van der Waals surface area contributed by atoms with E-state index in [1.54, 1.807) is 13.8 Å². The second-order valence-corrected chi connectivity index (χ2v) is 8.23. The number of benzene rings is 3. The first-order chi connectivity index (χ1) is 15.8. The minimum Gasteiger partial charge on any atom is -0.445 e. The summed E-state index contributed by atoms with van der Waals surface area (Å²) in [6, 6.07) is 21.0. The summed E-state index contributed by atoms with van der Waals surface area (Å²) in [6.07, 6.45) is -0.469. The van der Waals surface area contributed by atoms with Crippen LogP contribution in [0.3, 0.4) is 0 Å². The number of primary amides is 1. The molecule has 0 aliphatic heterocycles. The van der Waals surface area contributed by atoms with Crippen LogP contribution in [0.5, 0.6) is 0 Å². The Labute approximate surface area is 193 Å². The summed E-state index contributed by atoms with van der Waals surface area (Å²) >= 11 is 0. The molecule has 172 valence electrons. The second-order valence-electron chi connectivity index (χ2n) is 8.23. The van der Waals surface area contributed by atoms with E-state index in [0.29, 0.717) is 0 Å². The Morgan fingerprint density at radius 3 is 2.24 bits per heavy atom. The third-order valence-electron chi connectivity index (χ3n) is 5.40. The van der Waals surface area contributed by atoms with Crippen molar-refractivity contribution < 1.29 is 19.1 Å². The third kappa shape index (κ3) is 6.55. The minimum atomic E-state index is -0.924. The molecule has 0 saturated heterocycles. The smallest absolute Gasteiger partial charge is 0.408 e. The van der Waals surface area contributed by atoms with Crippen LogP contribution in [0, 0.1) is 5.92 Å². The molecule has 4 N–H and O–H groups in total. The van der Waals surface area contributed by atoms with E-state index in [9.17, 15) is 14.4 Å². The highest BCUT2D eigenvalue weighted by atomic mass is 16.5. The highest BCUT2D eigenvalue weighted by Crippen LogP contribution is 2.20. The molecule has 0 saturated carbocycles. The summed E-state index contributed by atoms with van der Waals surface area (Å²) in [4.78, 5) is 37.4. The fraction of sp³-hybridized carbons (Fsp3) is 0.269. The lowest BCUT2D eigenvalue weighted by atomic mass is 9.97. The average Bonchev–Trinajstić information content (AvgIpc) is 2.81. The van der Waals surface area contributed by atoms with Crippen LogP contribution in [0.25, 0.3) is 10.8 Å². The van der Waals surface area contributed by atoms with E-state index in [4.69, 9.17) is 10.5 Å². The van der Waals surface area contributed by atoms with Gasteiger partial charge in [0, 0.05) is 6.42 Å². The SMILES string of the molecule is CC(C)[C@@H](NC(=O)OCc1ccccc1)C(=O)N[C@H](Cc1cccc2ccccc12)C(N)=O. The number of nitrogens with one attached hydrogen (secondary N) is 2. The maximum absolute atomic E-state index is 13.0. The zero-order valence-electron chi connectivity index (χ0n) is 18.8. The van der Waals surface area contributed by atoms with Crippen molar-refractivity contribution in [1.82, 2.24) is 10.6 Å². The fourth-order valence-corrected chi connectivity index (χ4v) is 3.60. The molecule has 3 amide bonds. The highest BCUT2D eigenvalue weighted by molar-refractivity contribution is 5.92. The van der Waals surface area contributed by atoms with Gasteiger partial charge in [-0.3, -0.25) is 9.59 Å². The predicted molar refractivity (Wildman–Crippen MR) is 127 cm³/mol. The molecule has 0 bridgehead atoms. The first-order valence-electron chi connectivity index (χ1n) is 10.9. The lowest BCUT2D eigenvalue weighted by Gasteiger charge is -2.24. The van der Waals surface area contributed by atoms with Gasteiger partial charge in [-0.15, -0.1) is 0 Å². The number of amides is 3. The number of carbonyl (C=O) groups excluding carboxylic acids is 3. The number of carbonyl (C=O) groups is 3. The van der Waals surface area contributed by atoms with E-state index in [-0.39, 0.29) is 18.9 Å². The van der Waals surface area contributed by atoms with Crippen LogP contribution < -0.4 is 16.4 Å². The van der Waals surface area contributed by atoms with Gasteiger partial charge in [0.1, 0.15) is 18.7 Å². The molecule has 2 atom stereocenters. The van der Waals surface area contributed by atoms with Crippen molar-refractivity contribution in [3.05, 3.63) is 83.9 Å². The van der Waals surface area contributed by atoms with E-state index in [0.717, 1.165) is 21.9 Å². The van der Waals surface area contributed by atoms with Gasteiger partial charge < -0.3 is 21.1 Å². The molecule has 0 aliphatic carbocycles. The highest BCUT2D eigenvalue weighted by Gasteiger charge is 2.28. The van der Waals surface area contributed by atoms with E-state index in [1.807, 2.05) is 72.8 Å². The van der Waals surface area contributed by atoms with Gasteiger partial charge in [-0.1, -0.05) is 86.6 Å². The molecule has 0 radical (unpaired) electrons. The number of hydrogen-bond donors (Lipinski definition) is 3. The molecular formula is C26H29N3O4. The van der Waals surface area contributed by atoms with Gasteiger partial charge in [-0.2, -0.15) is 0 Å². The molecule has 0 aromatic heterocycles. The molecule has 0 spiro atoms. The maximum Gasteiger partial charge on any atom is 0.408 e. The molecule has 0 unspecified atom stereocenters. The Morgan fingerprint density at radius 2 is 1.55 bits per heavy atom. The van der Waals surface area contributed by atoms with Gasteiger partial charge in [0.15, 0.2) is 0 Å². The predicted octanol–water partition coefficient (Wildman–Crippen LogP) is 3.30. The standard InChI is InChI=1S/C26H29N3O4/c1-17(2)23(29-26(32)33-16-18-9-4-3-5-10-18)25(31)28-22(24(27)30)15-20-13-8-12-19-11-6-7-14-21(19)20/h3-14,17,22-23H,15-16H2,1-2H3,(H2,27,30)(H,28,31)(H,29,32)/t22-,23-/m1/s1. The Morgan fingerprint density at radius 1 is 0.879 bits per heavy atom. The number of hydrogen-bond acceptors (Lipinski definition) is 4. The number of nitrogens with two attached hydrogens (primary N) is 1. The van der Waals surface area contributed by atoms with E-state index in [2.05, 4.69) is 10.6 Å². The van der Waals surface area contributed by atoms with Crippen LogP contribution in [0.15, 0.2) is 72.8 Å². The van der Waals surface area contributed by atoms with Crippen LogP contribution in [0.2, 0.25) is 0 Å². The van der Waals surface area contributed by atoms with Crippen molar-refractivity contribution in [2.24, 2.45) is 11.7 Å². The zero-order chi connectivity index (χ0) is 23.8. The molecule has 3 aromatic rings. The van der Waals surface area contributed by atoms with Crippen molar-refractivity contribution >= 4 is 28.7 Å². The molecule has 0 heterocycles. The van der Waals surface area contributed by atoms with Crippen molar-refractivity contribution in [3.8, 4) is 0 Å². The molecule has 0 fully saturated rings. The summed E-state index contributed by atoms with van der Waals surface area (Å²) in [5.74, 6) is -1.38. The topological polar surface area (TPSA) is 111 Å². The lowest BCUT2D eigenvalue weighted by Crippen LogP contribution is -2.55. The van der Waals surface area contributed by atoms with Gasteiger partial charge in [-0.05, 0) is 27.8 Å². The Balaban J connectivity index is 1.66. The minimum absolute atomic E-state index is 0.0874. The summed E-state index contributed by atoms with van der Waals surface area (Å²) < 4.78 is 5.23. The molecule has 3 rings (SSSR count). The normalized spacial score (nSPS) is 12.7. The molecule has 7 heteroatoms. The molecule has 3 aromatic carbocycles. The summed E-state index contributed by atoms with van der Waals surface area (Å²) in [7, 11) is 0. The van der Waals surface area contributed by atoms with Crippen molar-refractivity contribution in [2.75, 3.05) is 0 Å². The van der Waals surface area contributed by atoms with Crippen molar-refractivity contribution in [2.45, 2.75) is 39.0 Å². The van der Waals surface area contributed by atoms with Crippen LogP contribution in [0.4, 0.5) is 4.79 Å². The van der Waals surface area contributed by atoms with E-state index < -0.39 is 30.0 Å². The van der Waals surface area contributed by atoms with Crippen LogP contribution in [-0.4, -0.2) is 30.0 Å². The van der Waals surface area contributed by atoms with Crippen LogP contribution >= 0.6 is 0 Å². The van der Waals surface area contributed by atoms with E-state index >= 15 is 0 Å². The van der Waals surface area contributed by atoms with Crippen LogP contribution in [-0.2, 0) is 27.4 Å². The fourth-order valence-electron chi connectivity index (χ4n) is 3.60. The lowest BCUT2D eigenvalue weighted by molar-refractivity contribution is -0.129. The molecule has 7 nitrogen and oxygen atoms in total. The van der Waals surface area contributed by atoms with Gasteiger partial charge in [0.2, 0.25) is 11.8 Å². The second kappa shape index (κ2) is 11.1. The number of alkyl carbamates (subject to hydrolysis) is 1. The monoisotopic (exact) mass is 447 g/mol. The van der Waals surface area contributed by atoms with Gasteiger partial charge in [0.05, 0.1) is 0 Å². The Bertz CT molecular complexity index is 1110. The number of fused-ring (bicyclic) bond motifs is 1.